The van der Waals surface area contributed by atoms with Crippen molar-refractivity contribution in [3.63, 3.8) is 0 Å². The molecule has 1 amide bonds. The second-order valence-electron chi connectivity index (χ2n) is 10.2. The van der Waals surface area contributed by atoms with E-state index in [1.165, 1.54) is 12.1 Å². The lowest BCUT2D eigenvalue weighted by atomic mass is 10.1. The number of carbonyl (C=O) groups excluding carboxylic acids is 1. The first-order chi connectivity index (χ1) is 19.0. The number of rotatable bonds is 6. The molecule has 1 atom stereocenters. The van der Waals surface area contributed by atoms with E-state index in [-0.39, 0.29) is 17.2 Å². The minimum Gasteiger partial charge on any atom is -0.482 e. The van der Waals surface area contributed by atoms with Gasteiger partial charge in [-0.15, -0.1) is 0 Å². The summed E-state index contributed by atoms with van der Waals surface area (Å²) in [6, 6.07) is 4.70. The maximum Gasteiger partial charge on any atom is 0.410 e. The summed E-state index contributed by atoms with van der Waals surface area (Å²) in [7, 11) is 1.74. The Hall–Kier alpha value is -3.04. The molecule has 8 nitrogen and oxygen atoms in total. The van der Waals surface area contributed by atoms with E-state index in [2.05, 4.69) is 15.4 Å². The van der Waals surface area contributed by atoms with Crippen LogP contribution in [0.15, 0.2) is 36.8 Å². The van der Waals surface area contributed by atoms with Crippen LogP contribution in [-0.4, -0.2) is 51.5 Å². The van der Waals surface area contributed by atoms with Crippen molar-refractivity contribution in [2.45, 2.75) is 72.1 Å². The molecule has 3 heterocycles. The van der Waals surface area contributed by atoms with Gasteiger partial charge in [0.1, 0.15) is 17.5 Å². The van der Waals surface area contributed by atoms with Crippen molar-refractivity contribution < 1.29 is 18.7 Å². The number of hydrogen-bond acceptors (Lipinski definition) is 6. The largest absolute Gasteiger partial charge is 0.482 e. The molecule has 11 heteroatoms. The number of hydrogen-bond donors (Lipinski definition) is 1. The second-order valence-corrected chi connectivity index (χ2v) is 11.0. The number of benzene rings is 1. The molecule has 0 saturated carbocycles. The minimum atomic E-state index is -0.632. The molecule has 2 aromatic heterocycles. The average Bonchev–Trinajstić information content (AvgIpc) is 3.42. The molecule has 218 valence electrons. The predicted octanol–water partition coefficient (Wildman–Crippen LogP) is 8.17. The van der Waals surface area contributed by atoms with Gasteiger partial charge in [-0.25, -0.2) is 14.2 Å². The number of amides is 1. The molecular formula is C29H38Cl2FN5O3. The SMILES string of the molecule is CC.CNc1ncc(-c2cnn(C3CCN(C(=O)OC(C)(C)C)CC3)c2)cc1O[C@H](C)c1c(Cl)ccc(F)c1Cl. The third kappa shape index (κ3) is 7.57. The van der Waals surface area contributed by atoms with Crippen LogP contribution in [0.25, 0.3) is 11.1 Å². The third-order valence-electron chi connectivity index (χ3n) is 6.30. The highest BCUT2D eigenvalue weighted by Gasteiger charge is 2.28. The topological polar surface area (TPSA) is 81.5 Å². The van der Waals surface area contributed by atoms with Gasteiger partial charge in [0, 0.05) is 54.2 Å². The lowest BCUT2D eigenvalue weighted by Gasteiger charge is -2.33. The summed E-state index contributed by atoms with van der Waals surface area (Å²) < 4.78 is 27.6. The van der Waals surface area contributed by atoms with Crippen LogP contribution in [0, 0.1) is 5.82 Å². The molecule has 3 aromatic rings. The van der Waals surface area contributed by atoms with Crippen LogP contribution in [0.4, 0.5) is 15.0 Å². The molecule has 40 heavy (non-hydrogen) atoms. The Kier molecular flexibility index (Phi) is 10.7. The van der Waals surface area contributed by atoms with Crippen LogP contribution in [0.2, 0.25) is 10.0 Å². The van der Waals surface area contributed by atoms with Crippen LogP contribution in [0.5, 0.6) is 5.75 Å². The monoisotopic (exact) mass is 593 g/mol. The molecule has 1 aliphatic heterocycles. The van der Waals surface area contributed by atoms with Crippen molar-refractivity contribution in [2.24, 2.45) is 0 Å². The number of piperidine rings is 1. The summed E-state index contributed by atoms with van der Waals surface area (Å²) in [5.74, 6) is 0.421. The Morgan fingerprint density at radius 2 is 1.82 bits per heavy atom. The summed E-state index contributed by atoms with van der Waals surface area (Å²) in [6.07, 6.45) is 6.12. The molecule has 0 radical (unpaired) electrons. The quantitative estimate of drug-likeness (QED) is 0.290. The first kappa shape index (κ1) is 31.5. The zero-order valence-corrected chi connectivity index (χ0v) is 25.6. The summed E-state index contributed by atoms with van der Waals surface area (Å²) in [6.45, 7) is 12.6. The molecule has 1 aromatic carbocycles. The minimum absolute atomic E-state index is 0.0703. The maximum absolute atomic E-state index is 14.1. The maximum atomic E-state index is 14.1. The van der Waals surface area contributed by atoms with E-state index < -0.39 is 17.5 Å². The van der Waals surface area contributed by atoms with Gasteiger partial charge in [0.2, 0.25) is 0 Å². The first-order valence-electron chi connectivity index (χ1n) is 13.5. The number of nitrogens with one attached hydrogen (secondary N) is 1. The van der Waals surface area contributed by atoms with Gasteiger partial charge in [-0.05, 0) is 58.7 Å². The molecule has 0 aliphatic carbocycles. The lowest BCUT2D eigenvalue weighted by Crippen LogP contribution is -2.42. The highest BCUT2D eigenvalue weighted by molar-refractivity contribution is 6.36. The zero-order chi connectivity index (χ0) is 29.6. The number of carbonyl (C=O) groups is 1. The highest BCUT2D eigenvalue weighted by Crippen LogP contribution is 2.37. The molecule has 0 unspecified atom stereocenters. The number of nitrogens with zero attached hydrogens (tertiary/aromatic N) is 4. The van der Waals surface area contributed by atoms with E-state index in [1.807, 2.05) is 51.6 Å². The van der Waals surface area contributed by atoms with Crippen molar-refractivity contribution >= 4 is 35.1 Å². The number of aromatic nitrogens is 3. The van der Waals surface area contributed by atoms with Crippen LogP contribution in [-0.2, 0) is 4.74 Å². The van der Waals surface area contributed by atoms with E-state index in [4.69, 9.17) is 32.7 Å². The summed E-state index contributed by atoms with van der Waals surface area (Å²) in [4.78, 5) is 18.6. The van der Waals surface area contributed by atoms with Gasteiger partial charge in [-0.3, -0.25) is 4.68 Å². The average molecular weight is 595 g/mol. The van der Waals surface area contributed by atoms with Gasteiger partial charge in [0.25, 0.3) is 0 Å². The summed E-state index contributed by atoms with van der Waals surface area (Å²) >= 11 is 12.5. The number of ether oxygens (including phenoxy) is 2. The zero-order valence-electron chi connectivity index (χ0n) is 24.1. The Balaban J connectivity index is 0.00000216. The van der Waals surface area contributed by atoms with Gasteiger partial charge in [-0.1, -0.05) is 37.0 Å². The fraction of sp³-hybridized carbons (Fsp3) is 0.483. The molecule has 1 saturated heterocycles. The van der Waals surface area contributed by atoms with E-state index in [0.29, 0.717) is 35.2 Å². The van der Waals surface area contributed by atoms with Gasteiger partial charge in [-0.2, -0.15) is 5.10 Å². The van der Waals surface area contributed by atoms with Crippen LogP contribution in [0.1, 0.15) is 72.1 Å². The summed E-state index contributed by atoms with van der Waals surface area (Å²) in [5.41, 5.74) is 1.53. The standard InChI is InChI=1S/C27H32Cl2FN5O3.C2H6/c1-16(23-20(28)6-7-21(30)24(23)29)37-22-12-17(13-32-25(22)31-5)18-14-33-35(15-18)19-8-10-34(11-9-19)26(36)38-27(2,3)4;1-2/h6-7,12-16,19H,8-11H2,1-5H3,(H,31,32);1-2H3/t16-;/m1./s1. The van der Waals surface area contributed by atoms with Crippen LogP contribution >= 0.6 is 23.2 Å². The Morgan fingerprint density at radius 1 is 1.15 bits per heavy atom. The Morgan fingerprint density at radius 3 is 2.45 bits per heavy atom. The highest BCUT2D eigenvalue weighted by atomic mass is 35.5. The Labute approximate surface area is 245 Å². The van der Waals surface area contributed by atoms with Gasteiger partial charge in [0.05, 0.1) is 17.3 Å². The summed E-state index contributed by atoms with van der Waals surface area (Å²) in [5, 5.41) is 7.84. The van der Waals surface area contributed by atoms with E-state index in [1.54, 1.807) is 31.3 Å². The van der Waals surface area contributed by atoms with E-state index in [0.717, 1.165) is 24.0 Å². The Bertz CT molecular complexity index is 1300. The van der Waals surface area contributed by atoms with Crippen molar-refractivity contribution in [2.75, 3.05) is 25.5 Å². The van der Waals surface area contributed by atoms with Crippen LogP contribution < -0.4 is 10.1 Å². The number of anilines is 1. The van der Waals surface area contributed by atoms with E-state index >= 15 is 0 Å². The molecule has 0 spiro atoms. The molecular weight excluding hydrogens is 556 g/mol. The molecule has 1 N–H and O–H groups in total. The van der Waals surface area contributed by atoms with Crippen molar-refractivity contribution in [3.8, 4) is 16.9 Å². The van der Waals surface area contributed by atoms with Crippen molar-refractivity contribution in [1.82, 2.24) is 19.7 Å². The number of halogens is 3. The molecule has 1 fully saturated rings. The number of pyridine rings is 1. The third-order valence-corrected chi connectivity index (χ3v) is 7.02. The van der Waals surface area contributed by atoms with Crippen LogP contribution in [0.3, 0.4) is 0 Å². The smallest absolute Gasteiger partial charge is 0.410 e. The molecule has 0 bridgehead atoms. The molecule has 1 aliphatic rings. The van der Waals surface area contributed by atoms with Crippen molar-refractivity contribution in [3.05, 3.63) is 58.2 Å². The van der Waals surface area contributed by atoms with E-state index in [9.17, 15) is 9.18 Å². The fourth-order valence-electron chi connectivity index (χ4n) is 4.37. The fourth-order valence-corrected chi connectivity index (χ4v) is 5.05. The second kappa shape index (κ2) is 13.5. The lowest BCUT2D eigenvalue weighted by molar-refractivity contribution is 0.0185. The normalized spacial score (nSPS) is 14.7. The van der Waals surface area contributed by atoms with Gasteiger partial charge >= 0.3 is 6.09 Å². The first-order valence-corrected chi connectivity index (χ1v) is 14.2. The van der Waals surface area contributed by atoms with Gasteiger partial charge < -0.3 is 19.7 Å². The van der Waals surface area contributed by atoms with Crippen molar-refractivity contribution in [1.29, 1.82) is 0 Å². The predicted molar refractivity (Wildman–Crippen MR) is 158 cm³/mol. The van der Waals surface area contributed by atoms with Gasteiger partial charge in [0.15, 0.2) is 11.6 Å². The number of likely N-dealkylation sites (tertiary alicyclic amines) is 1. The molecule has 4 rings (SSSR count).